The number of halogens is 1. The first-order valence-corrected chi connectivity index (χ1v) is 6.63. The molecule has 0 spiro atoms. The summed E-state index contributed by atoms with van der Waals surface area (Å²) >= 11 is 2.21. The highest BCUT2D eigenvalue weighted by atomic mass is 127. The Morgan fingerprint density at radius 1 is 1.38 bits per heavy atom. The fourth-order valence-electron chi connectivity index (χ4n) is 0.971. The van der Waals surface area contributed by atoms with E-state index in [9.17, 15) is 8.42 Å². The van der Waals surface area contributed by atoms with Crippen molar-refractivity contribution in [1.29, 1.82) is 0 Å². The molecule has 72 valence electrons. The topological polar surface area (TPSA) is 54.4 Å². The second kappa shape index (κ2) is 4.39. The van der Waals surface area contributed by atoms with Crippen LogP contribution in [0.25, 0.3) is 0 Å². The van der Waals surface area contributed by atoms with Gasteiger partial charge >= 0.3 is 0 Å². The summed E-state index contributed by atoms with van der Waals surface area (Å²) in [6.45, 7) is 0. The Balaban J connectivity index is 3.06. The van der Waals surface area contributed by atoms with Gasteiger partial charge in [-0.25, -0.2) is 0 Å². The van der Waals surface area contributed by atoms with E-state index in [2.05, 4.69) is 22.6 Å². The largest absolute Gasteiger partial charge is 0.294 e. The van der Waals surface area contributed by atoms with Crippen molar-refractivity contribution >= 4 is 32.7 Å². The minimum Gasteiger partial charge on any atom is -0.282 e. The van der Waals surface area contributed by atoms with Crippen LogP contribution in [0.4, 0.5) is 0 Å². The van der Waals surface area contributed by atoms with E-state index in [0.29, 0.717) is 0 Å². The quantitative estimate of drug-likeness (QED) is 0.527. The van der Waals surface area contributed by atoms with E-state index in [1.54, 1.807) is 6.07 Å². The van der Waals surface area contributed by atoms with E-state index in [1.165, 1.54) is 12.1 Å². The molecule has 0 aliphatic carbocycles. The zero-order valence-electron chi connectivity index (χ0n) is 6.77. The highest BCUT2D eigenvalue weighted by Gasteiger charge is 2.08. The maximum absolute atomic E-state index is 10.7. The van der Waals surface area contributed by atoms with Gasteiger partial charge in [-0.15, -0.1) is 0 Å². The number of alkyl halides is 1. The van der Waals surface area contributed by atoms with Crippen LogP contribution in [0.15, 0.2) is 29.2 Å². The molecule has 1 aromatic carbocycles. The third-order valence-electron chi connectivity index (χ3n) is 1.58. The first-order chi connectivity index (χ1) is 6.04. The van der Waals surface area contributed by atoms with Crippen LogP contribution in [-0.4, -0.2) is 17.4 Å². The first kappa shape index (κ1) is 10.9. The van der Waals surface area contributed by atoms with Gasteiger partial charge in [0.25, 0.3) is 10.1 Å². The predicted molar refractivity (Wildman–Crippen MR) is 58.8 cm³/mol. The van der Waals surface area contributed by atoms with E-state index in [1.807, 2.05) is 6.07 Å². The van der Waals surface area contributed by atoms with Gasteiger partial charge in [0.2, 0.25) is 0 Å². The molecule has 0 aliphatic heterocycles. The lowest BCUT2D eigenvalue weighted by atomic mass is 10.2. The average Bonchev–Trinajstić information content (AvgIpc) is 2.04. The fraction of sp³-hybridized carbons (Fsp3) is 0.250. The summed E-state index contributed by atoms with van der Waals surface area (Å²) in [4.78, 5) is -0.0325. The average molecular weight is 312 g/mol. The Bertz CT molecular complexity index is 386. The molecule has 0 bridgehead atoms. The molecule has 1 rings (SSSR count). The molecular formula is C8H9IO3S. The van der Waals surface area contributed by atoms with Crippen molar-refractivity contribution in [2.45, 2.75) is 11.3 Å². The molecule has 0 heterocycles. The standard InChI is InChI=1S/C8H9IO3S/c9-5-4-7-2-1-3-8(6-7)13(10,11)12/h1-3,6H,4-5H2,(H,10,11,12). The molecule has 0 saturated carbocycles. The Hall–Kier alpha value is -0.140. The summed E-state index contributed by atoms with van der Waals surface area (Å²) in [6, 6.07) is 6.35. The molecule has 1 N–H and O–H groups in total. The van der Waals surface area contributed by atoms with Crippen LogP contribution in [0, 0.1) is 0 Å². The molecule has 0 unspecified atom stereocenters. The van der Waals surface area contributed by atoms with Crippen LogP contribution in [0.1, 0.15) is 5.56 Å². The van der Waals surface area contributed by atoms with Crippen LogP contribution in [-0.2, 0) is 16.5 Å². The van der Waals surface area contributed by atoms with Gasteiger partial charge in [-0.1, -0.05) is 34.7 Å². The summed E-state index contributed by atoms with van der Waals surface area (Å²) in [6.07, 6.45) is 0.809. The molecule has 3 nitrogen and oxygen atoms in total. The summed E-state index contributed by atoms with van der Waals surface area (Å²) in [5, 5.41) is 0. The summed E-state index contributed by atoms with van der Waals surface area (Å²) in [7, 11) is -4.05. The van der Waals surface area contributed by atoms with Gasteiger partial charge in [0, 0.05) is 4.43 Å². The molecule has 13 heavy (non-hydrogen) atoms. The van der Waals surface area contributed by atoms with E-state index in [0.717, 1.165) is 16.4 Å². The van der Waals surface area contributed by atoms with Crippen molar-refractivity contribution in [1.82, 2.24) is 0 Å². The number of aryl methyl sites for hydroxylation is 1. The number of hydrogen-bond acceptors (Lipinski definition) is 2. The molecule has 0 radical (unpaired) electrons. The van der Waals surface area contributed by atoms with Gasteiger partial charge in [-0.3, -0.25) is 4.55 Å². The lowest BCUT2D eigenvalue weighted by Crippen LogP contribution is -1.98. The molecule has 5 heteroatoms. The van der Waals surface area contributed by atoms with E-state index in [4.69, 9.17) is 4.55 Å². The Morgan fingerprint density at radius 3 is 2.62 bits per heavy atom. The molecule has 1 aromatic rings. The number of hydrogen-bond donors (Lipinski definition) is 1. The van der Waals surface area contributed by atoms with Gasteiger partial charge in [0.05, 0.1) is 4.90 Å². The van der Waals surface area contributed by atoms with Gasteiger partial charge in [0.1, 0.15) is 0 Å². The SMILES string of the molecule is O=S(=O)(O)c1cccc(CCI)c1. The van der Waals surface area contributed by atoms with Crippen LogP contribution in [0.2, 0.25) is 0 Å². The lowest BCUT2D eigenvalue weighted by Gasteiger charge is -2.00. The molecule has 0 atom stereocenters. The molecule has 0 saturated heterocycles. The van der Waals surface area contributed by atoms with Gasteiger partial charge in [-0.2, -0.15) is 8.42 Å². The maximum atomic E-state index is 10.7. The van der Waals surface area contributed by atoms with Crippen molar-refractivity contribution in [3.63, 3.8) is 0 Å². The summed E-state index contributed by atoms with van der Waals surface area (Å²) < 4.78 is 31.2. The molecular weight excluding hydrogens is 303 g/mol. The molecule has 0 aromatic heterocycles. The van der Waals surface area contributed by atoms with Gasteiger partial charge < -0.3 is 0 Å². The Labute approximate surface area is 91.1 Å². The highest BCUT2D eigenvalue weighted by molar-refractivity contribution is 14.1. The van der Waals surface area contributed by atoms with Crippen LogP contribution in [0.3, 0.4) is 0 Å². The molecule has 0 aliphatic rings. The van der Waals surface area contributed by atoms with Crippen molar-refractivity contribution < 1.29 is 13.0 Å². The first-order valence-electron chi connectivity index (χ1n) is 3.66. The third-order valence-corrected chi connectivity index (χ3v) is 2.97. The van der Waals surface area contributed by atoms with E-state index < -0.39 is 10.1 Å². The predicted octanol–water partition coefficient (Wildman–Crippen LogP) is 1.91. The van der Waals surface area contributed by atoms with Crippen molar-refractivity contribution in [2.24, 2.45) is 0 Å². The Kier molecular flexibility index (Phi) is 3.69. The lowest BCUT2D eigenvalue weighted by molar-refractivity contribution is 0.483. The zero-order valence-corrected chi connectivity index (χ0v) is 9.75. The Morgan fingerprint density at radius 2 is 2.08 bits per heavy atom. The second-order valence-corrected chi connectivity index (χ2v) is 5.06. The summed E-state index contributed by atoms with van der Waals surface area (Å²) in [5.74, 6) is 0. The summed E-state index contributed by atoms with van der Waals surface area (Å²) in [5.41, 5.74) is 0.921. The third kappa shape index (κ3) is 3.24. The highest BCUT2D eigenvalue weighted by Crippen LogP contribution is 2.11. The minimum atomic E-state index is -4.05. The molecule has 0 amide bonds. The van der Waals surface area contributed by atoms with Crippen molar-refractivity contribution in [2.75, 3.05) is 4.43 Å². The zero-order chi connectivity index (χ0) is 9.90. The van der Waals surface area contributed by atoms with E-state index in [-0.39, 0.29) is 4.90 Å². The smallest absolute Gasteiger partial charge is 0.282 e. The maximum Gasteiger partial charge on any atom is 0.294 e. The van der Waals surface area contributed by atoms with Crippen molar-refractivity contribution in [3.05, 3.63) is 29.8 Å². The van der Waals surface area contributed by atoms with Crippen LogP contribution in [0.5, 0.6) is 0 Å². The normalized spacial score (nSPS) is 11.5. The molecule has 0 fully saturated rings. The monoisotopic (exact) mass is 312 g/mol. The van der Waals surface area contributed by atoms with Crippen molar-refractivity contribution in [3.8, 4) is 0 Å². The van der Waals surface area contributed by atoms with E-state index >= 15 is 0 Å². The fourth-order valence-corrected chi connectivity index (χ4v) is 2.14. The minimum absolute atomic E-state index is 0.0325. The van der Waals surface area contributed by atoms with Gasteiger partial charge in [-0.05, 0) is 24.1 Å². The second-order valence-electron chi connectivity index (χ2n) is 2.56. The van der Waals surface area contributed by atoms with Gasteiger partial charge in [0.15, 0.2) is 0 Å². The number of rotatable bonds is 3. The van der Waals surface area contributed by atoms with Crippen LogP contribution < -0.4 is 0 Å². The number of benzene rings is 1. The van der Waals surface area contributed by atoms with Crippen LogP contribution >= 0.6 is 22.6 Å².